The van der Waals surface area contributed by atoms with E-state index >= 15 is 0 Å². The first-order valence-electron chi connectivity index (χ1n) is 7.21. The van der Waals surface area contributed by atoms with Crippen molar-refractivity contribution in [1.82, 2.24) is 15.5 Å². The highest BCUT2D eigenvalue weighted by molar-refractivity contribution is 5.92. The van der Waals surface area contributed by atoms with Gasteiger partial charge in [-0.3, -0.25) is 4.79 Å². The van der Waals surface area contributed by atoms with Gasteiger partial charge in [0.2, 0.25) is 0 Å². The maximum absolute atomic E-state index is 11.7. The summed E-state index contributed by atoms with van der Waals surface area (Å²) in [6.07, 6.45) is 0.856. The lowest BCUT2D eigenvalue weighted by Crippen LogP contribution is -2.25. The minimum absolute atomic E-state index is 0.251. The molecule has 0 aliphatic heterocycles. The molecule has 1 heterocycles. The van der Waals surface area contributed by atoms with Crippen molar-refractivity contribution in [2.24, 2.45) is 0 Å². The Hall–Kier alpha value is -2.96. The summed E-state index contributed by atoms with van der Waals surface area (Å²) >= 11 is 0. The Morgan fingerprint density at radius 2 is 2.00 bits per heavy atom. The van der Waals surface area contributed by atoms with Gasteiger partial charge in [-0.2, -0.15) is 0 Å². The van der Waals surface area contributed by atoms with Gasteiger partial charge in [0, 0.05) is 12.2 Å². The molecule has 1 aromatic heterocycles. The molecule has 1 aromatic carbocycles. The quantitative estimate of drug-likeness (QED) is 0.794. The zero-order valence-electron chi connectivity index (χ0n) is 13.0. The number of rotatable bonds is 6. The van der Waals surface area contributed by atoms with E-state index in [9.17, 15) is 9.59 Å². The van der Waals surface area contributed by atoms with Crippen LogP contribution in [0, 0.1) is 0 Å². The molecule has 0 atom stereocenters. The molecule has 1 amide bonds. The number of esters is 1. The maximum Gasteiger partial charge on any atom is 0.337 e. The normalized spacial score (nSPS) is 10.0. The fraction of sp³-hybridized carbons (Fsp3) is 0.250. The van der Waals surface area contributed by atoms with Crippen molar-refractivity contribution in [2.75, 3.05) is 19.0 Å². The Balaban J connectivity index is 2.06. The lowest BCUT2D eigenvalue weighted by Gasteiger charge is -2.07. The van der Waals surface area contributed by atoms with E-state index in [2.05, 4.69) is 25.6 Å². The molecular weight excluding hydrogens is 296 g/mol. The first-order chi connectivity index (χ1) is 11.1. The van der Waals surface area contributed by atoms with E-state index < -0.39 is 5.97 Å². The van der Waals surface area contributed by atoms with Crippen LogP contribution in [0.3, 0.4) is 0 Å². The number of carbonyl (C=O) groups excluding carboxylic acids is 2. The van der Waals surface area contributed by atoms with E-state index in [0.717, 1.165) is 6.42 Å². The Bertz CT molecular complexity index is 686. The summed E-state index contributed by atoms with van der Waals surface area (Å²) in [5.74, 6) is -0.194. The number of nitrogens with zero attached hydrogens (tertiary/aromatic N) is 2. The standard InChI is InChI=1S/C16H18N4O3/c1-3-9-17-15(21)13-7-8-14(20-19-13)18-12-6-4-5-11(10-12)16(22)23-2/h4-8,10H,3,9H2,1-2H3,(H,17,21)(H,18,20). The molecule has 0 saturated carbocycles. The van der Waals surface area contributed by atoms with E-state index in [1.807, 2.05) is 6.92 Å². The lowest BCUT2D eigenvalue weighted by atomic mass is 10.2. The van der Waals surface area contributed by atoms with Crippen LogP contribution >= 0.6 is 0 Å². The third kappa shape index (κ3) is 4.50. The van der Waals surface area contributed by atoms with Crippen LogP contribution in [0.5, 0.6) is 0 Å². The summed E-state index contributed by atoms with van der Waals surface area (Å²) < 4.78 is 4.68. The molecule has 0 bridgehead atoms. The number of methoxy groups -OCH3 is 1. The molecule has 0 spiro atoms. The van der Waals surface area contributed by atoms with Crippen molar-refractivity contribution in [1.29, 1.82) is 0 Å². The van der Waals surface area contributed by atoms with Gasteiger partial charge in [0.15, 0.2) is 11.5 Å². The predicted octanol–water partition coefficient (Wildman–Crippen LogP) is 2.15. The van der Waals surface area contributed by atoms with Gasteiger partial charge in [0.25, 0.3) is 5.91 Å². The average molecular weight is 314 g/mol. The van der Waals surface area contributed by atoms with Gasteiger partial charge in [-0.1, -0.05) is 13.0 Å². The van der Waals surface area contributed by atoms with E-state index in [0.29, 0.717) is 23.6 Å². The summed E-state index contributed by atoms with van der Waals surface area (Å²) in [6.45, 7) is 2.57. The van der Waals surface area contributed by atoms with Gasteiger partial charge in [0.1, 0.15) is 0 Å². The summed E-state index contributed by atoms with van der Waals surface area (Å²) in [7, 11) is 1.33. The van der Waals surface area contributed by atoms with Crippen molar-refractivity contribution < 1.29 is 14.3 Å². The number of nitrogens with one attached hydrogen (secondary N) is 2. The van der Waals surface area contributed by atoms with Gasteiger partial charge in [-0.15, -0.1) is 10.2 Å². The van der Waals surface area contributed by atoms with E-state index in [1.54, 1.807) is 36.4 Å². The van der Waals surface area contributed by atoms with Crippen LogP contribution in [-0.4, -0.2) is 35.7 Å². The van der Waals surface area contributed by atoms with Crippen LogP contribution in [0.4, 0.5) is 11.5 Å². The highest BCUT2D eigenvalue weighted by atomic mass is 16.5. The molecule has 7 heteroatoms. The number of amides is 1. The van der Waals surface area contributed by atoms with Crippen molar-refractivity contribution >= 4 is 23.4 Å². The summed E-state index contributed by atoms with van der Waals surface area (Å²) in [5, 5.41) is 13.6. The highest BCUT2D eigenvalue weighted by Gasteiger charge is 2.08. The van der Waals surface area contributed by atoms with Gasteiger partial charge in [-0.25, -0.2) is 4.79 Å². The number of benzene rings is 1. The zero-order chi connectivity index (χ0) is 16.7. The Labute approximate surface area is 134 Å². The zero-order valence-corrected chi connectivity index (χ0v) is 13.0. The molecule has 2 N–H and O–H groups in total. The van der Waals surface area contributed by atoms with Gasteiger partial charge in [-0.05, 0) is 36.8 Å². The average Bonchev–Trinajstić information content (AvgIpc) is 2.59. The third-order valence-corrected chi connectivity index (χ3v) is 2.99. The second-order valence-electron chi connectivity index (χ2n) is 4.76. The minimum atomic E-state index is -0.414. The minimum Gasteiger partial charge on any atom is -0.465 e. The van der Waals surface area contributed by atoms with Gasteiger partial charge in [0.05, 0.1) is 12.7 Å². The monoisotopic (exact) mass is 314 g/mol. The highest BCUT2D eigenvalue weighted by Crippen LogP contribution is 2.16. The Morgan fingerprint density at radius 3 is 2.65 bits per heavy atom. The number of hydrogen-bond donors (Lipinski definition) is 2. The van der Waals surface area contributed by atoms with Crippen LogP contribution in [0.2, 0.25) is 0 Å². The van der Waals surface area contributed by atoms with Gasteiger partial charge >= 0.3 is 5.97 Å². The summed E-state index contributed by atoms with van der Waals surface area (Å²) in [6, 6.07) is 10.1. The molecular formula is C16H18N4O3. The molecule has 0 saturated heterocycles. The smallest absolute Gasteiger partial charge is 0.337 e. The van der Waals surface area contributed by atoms with Crippen LogP contribution < -0.4 is 10.6 Å². The van der Waals surface area contributed by atoms with E-state index in [4.69, 9.17) is 0 Å². The largest absolute Gasteiger partial charge is 0.465 e. The van der Waals surface area contributed by atoms with Crippen LogP contribution in [0.15, 0.2) is 36.4 Å². The third-order valence-electron chi connectivity index (χ3n) is 2.99. The lowest BCUT2D eigenvalue weighted by molar-refractivity contribution is 0.0600. The molecule has 2 rings (SSSR count). The molecule has 0 aliphatic carbocycles. The second kappa shape index (κ2) is 7.88. The first kappa shape index (κ1) is 16.4. The second-order valence-corrected chi connectivity index (χ2v) is 4.76. The number of ether oxygens (including phenoxy) is 1. The number of hydrogen-bond acceptors (Lipinski definition) is 6. The fourth-order valence-corrected chi connectivity index (χ4v) is 1.84. The van der Waals surface area contributed by atoms with Crippen LogP contribution in [0.25, 0.3) is 0 Å². The molecule has 0 fully saturated rings. The van der Waals surface area contributed by atoms with Crippen LogP contribution in [0.1, 0.15) is 34.2 Å². The number of aromatic nitrogens is 2. The fourth-order valence-electron chi connectivity index (χ4n) is 1.84. The topological polar surface area (TPSA) is 93.2 Å². The van der Waals surface area contributed by atoms with Crippen LogP contribution in [-0.2, 0) is 4.74 Å². The first-order valence-corrected chi connectivity index (χ1v) is 7.21. The van der Waals surface area contributed by atoms with Crippen molar-refractivity contribution in [3.63, 3.8) is 0 Å². The summed E-state index contributed by atoms with van der Waals surface area (Å²) in [5.41, 5.74) is 1.36. The predicted molar refractivity (Wildman–Crippen MR) is 85.7 cm³/mol. The van der Waals surface area contributed by atoms with Crippen molar-refractivity contribution in [3.05, 3.63) is 47.7 Å². The van der Waals surface area contributed by atoms with Crippen molar-refractivity contribution in [3.8, 4) is 0 Å². The molecule has 23 heavy (non-hydrogen) atoms. The number of anilines is 2. The molecule has 0 unspecified atom stereocenters. The summed E-state index contributed by atoms with van der Waals surface area (Å²) in [4.78, 5) is 23.2. The molecule has 120 valence electrons. The molecule has 7 nitrogen and oxygen atoms in total. The Morgan fingerprint density at radius 1 is 1.17 bits per heavy atom. The molecule has 2 aromatic rings. The molecule has 0 radical (unpaired) electrons. The SMILES string of the molecule is CCCNC(=O)c1ccc(Nc2cccc(C(=O)OC)c2)nn1. The molecule has 0 aliphatic rings. The van der Waals surface area contributed by atoms with E-state index in [1.165, 1.54) is 7.11 Å². The van der Waals surface area contributed by atoms with Crippen molar-refractivity contribution in [2.45, 2.75) is 13.3 Å². The number of carbonyl (C=O) groups is 2. The van der Waals surface area contributed by atoms with Gasteiger partial charge < -0.3 is 15.4 Å². The Kier molecular flexibility index (Phi) is 5.62. The van der Waals surface area contributed by atoms with E-state index in [-0.39, 0.29) is 11.6 Å². The maximum atomic E-state index is 11.7.